The molecular formula is C19H21NO6. The Hall–Kier alpha value is -3.35. The van der Waals surface area contributed by atoms with Crippen molar-refractivity contribution in [2.45, 2.75) is 25.5 Å². The van der Waals surface area contributed by atoms with Crippen LogP contribution >= 0.6 is 0 Å². The van der Waals surface area contributed by atoms with Crippen LogP contribution < -0.4 is 5.32 Å². The number of nitrogens with one attached hydrogen (secondary N) is 1. The van der Waals surface area contributed by atoms with Crippen LogP contribution in [0.3, 0.4) is 0 Å². The van der Waals surface area contributed by atoms with Crippen LogP contribution in [0.1, 0.15) is 18.4 Å². The second-order valence-electron chi connectivity index (χ2n) is 5.18. The fraction of sp³-hybridized carbons (Fsp3) is 0.211. The molecule has 26 heavy (non-hydrogen) atoms. The number of ether oxygens (including phenoxy) is 1. The minimum atomic E-state index is -1.30. The number of carbonyl (C=O) groups excluding carboxylic acids is 1. The van der Waals surface area contributed by atoms with E-state index < -0.39 is 24.1 Å². The van der Waals surface area contributed by atoms with E-state index in [1.807, 2.05) is 42.5 Å². The topological polar surface area (TPSA) is 113 Å². The van der Waals surface area contributed by atoms with Crippen molar-refractivity contribution in [2.75, 3.05) is 0 Å². The van der Waals surface area contributed by atoms with Crippen LogP contribution in [0, 0.1) is 0 Å². The van der Waals surface area contributed by atoms with E-state index in [1.54, 1.807) is 24.3 Å². The lowest BCUT2D eigenvalue weighted by atomic mass is 10.1. The van der Waals surface area contributed by atoms with Gasteiger partial charge in [-0.25, -0.2) is 9.59 Å². The molecule has 0 aromatic heterocycles. The third kappa shape index (κ3) is 9.71. The lowest BCUT2D eigenvalue weighted by Crippen LogP contribution is -2.41. The number of hydrogen-bond acceptors (Lipinski definition) is 4. The van der Waals surface area contributed by atoms with Gasteiger partial charge in [-0.1, -0.05) is 66.7 Å². The summed E-state index contributed by atoms with van der Waals surface area (Å²) < 4.78 is 4.85. The van der Waals surface area contributed by atoms with Crippen LogP contribution in [0.25, 0.3) is 0 Å². The molecule has 2 aromatic rings. The van der Waals surface area contributed by atoms with E-state index >= 15 is 0 Å². The van der Waals surface area contributed by atoms with Crippen molar-refractivity contribution in [3.05, 3.63) is 72.3 Å². The molecule has 0 saturated carbocycles. The normalized spacial score (nSPS) is 10.6. The molecule has 0 aliphatic rings. The molecule has 0 aliphatic carbocycles. The van der Waals surface area contributed by atoms with Gasteiger partial charge in [0.15, 0.2) is 0 Å². The first-order valence-corrected chi connectivity index (χ1v) is 7.91. The second-order valence-corrected chi connectivity index (χ2v) is 5.18. The highest BCUT2D eigenvalue weighted by Gasteiger charge is 2.21. The Kier molecular flexibility index (Phi) is 9.61. The highest BCUT2D eigenvalue weighted by atomic mass is 16.5. The first kappa shape index (κ1) is 20.7. The van der Waals surface area contributed by atoms with Gasteiger partial charge in [-0.15, -0.1) is 0 Å². The molecule has 2 aromatic carbocycles. The molecule has 3 N–H and O–H groups in total. The second kappa shape index (κ2) is 12.1. The maximum Gasteiger partial charge on any atom is 0.408 e. The lowest BCUT2D eigenvalue weighted by molar-refractivity contribution is -0.140. The van der Waals surface area contributed by atoms with E-state index in [4.69, 9.17) is 14.9 Å². The van der Waals surface area contributed by atoms with Crippen molar-refractivity contribution >= 4 is 18.0 Å². The average Bonchev–Trinajstić information content (AvgIpc) is 2.66. The summed E-state index contributed by atoms with van der Waals surface area (Å²) in [4.78, 5) is 32.7. The molecule has 7 nitrogen and oxygen atoms in total. The molecule has 0 heterocycles. The minimum absolute atomic E-state index is 0.0118. The summed E-state index contributed by atoms with van der Waals surface area (Å²) in [5.74, 6) is -2.43. The monoisotopic (exact) mass is 359 g/mol. The zero-order valence-corrected chi connectivity index (χ0v) is 14.1. The van der Waals surface area contributed by atoms with Crippen LogP contribution in [0.5, 0.6) is 0 Å². The first-order chi connectivity index (χ1) is 12.5. The Labute approximate surface area is 151 Å². The summed E-state index contributed by atoms with van der Waals surface area (Å²) >= 11 is 0. The molecule has 1 amide bonds. The summed E-state index contributed by atoms with van der Waals surface area (Å²) in [6, 6.07) is 19.6. The van der Waals surface area contributed by atoms with Gasteiger partial charge in [0.1, 0.15) is 12.6 Å². The van der Waals surface area contributed by atoms with Gasteiger partial charge in [0.2, 0.25) is 0 Å². The molecule has 138 valence electrons. The van der Waals surface area contributed by atoms with Gasteiger partial charge in [0, 0.05) is 6.42 Å². The Balaban J connectivity index is 0.000000472. The fourth-order valence-electron chi connectivity index (χ4n) is 1.82. The van der Waals surface area contributed by atoms with Gasteiger partial charge >= 0.3 is 18.0 Å². The quantitative estimate of drug-likeness (QED) is 0.700. The molecule has 0 unspecified atom stereocenters. The SMILES string of the molecule is O=C(O)CC[C@@H](NC(=O)OCc1ccccc1)C(=O)O.c1ccccc1. The molecule has 0 fully saturated rings. The summed E-state index contributed by atoms with van der Waals surface area (Å²) in [6.07, 6.45) is -1.45. The van der Waals surface area contributed by atoms with Gasteiger partial charge in [-0.05, 0) is 12.0 Å². The van der Waals surface area contributed by atoms with E-state index in [0.29, 0.717) is 0 Å². The van der Waals surface area contributed by atoms with Gasteiger partial charge in [0.05, 0.1) is 0 Å². The third-order valence-electron chi connectivity index (χ3n) is 3.12. The van der Waals surface area contributed by atoms with Crippen molar-refractivity contribution in [3.8, 4) is 0 Å². The lowest BCUT2D eigenvalue weighted by Gasteiger charge is -2.13. The Morgan fingerprint density at radius 2 is 1.38 bits per heavy atom. The number of carboxylic acid groups (broad SMARTS) is 2. The number of hydrogen-bond donors (Lipinski definition) is 3. The summed E-state index contributed by atoms with van der Waals surface area (Å²) in [5, 5.41) is 19.5. The number of alkyl carbamates (subject to hydrolysis) is 1. The highest BCUT2D eigenvalue weighted by molar-refractivity contribution is 5.80. The maximum atomic E-state index is 11.4. The van der Waals surface area contributed by atoms with E-state index in [-0.39, 0.29) is 19.4 Å². The van der Waals surface area contributed by atoms with Crippen molar-refractivity contribution in [2.24, 2.45) is 0 Å². The van der Waals surface area contributed by atoms with Gasteiger partial charge in [-0.3, -0.25) is 4.79 Å². The molecule has 0 spiro atoms. The Morgan fingerprint density at radius 3 is 1.85 bits per heavy atom. The van der Waals surface area contributed by atoms with Crippen LogP contribution in [-0.4, -0.2) is 34.3 Å². The van der Waals surface area contributed by atoms with E-state index in [2.05, 4.69) is 5.32 Å². The third-order valence-corrected chi connectivity index (χ3v) is 3.12. The largest absolute Gasteiger partial charge is 0.481 e. The molecule has 0 aliphatic heterocycles. The molecule has 2 rings (SSSR count). The summed E-state index contributed by atoms with van der Waals surface area (Å²) in [6.45, 7) is 0.0118. The molecule has 0 saturated heterocycles. The van der Waals surface area contributed by atoms with Crippen LogP contribution in [0.2, 0.25) is 0 Å². The Morgan fingerprint density at radius 1 is 0.885 bits per heavy atom. The zero-order chi connectivity index (χ0) is 19.2. The standard InChI is InChI=1S/C13H15NO6.C6H6/c15-11(16)7-6-10(12(17)18)14-13(19)20-8-9-4-2-1-3-5-9;1-2-4-6-5-3-1/h1-5,10H,6-8H2,(H,14,19)(H,15,16)(H,17,18);1-6H/t10-;/m1./s1. The summed E-state index contributed by atoms with van der Waals surface area (Å²) in [7, 11) is 0. The molecule has 0 bridgehead atoms. The van der Waals surface area contributed by atoms with Crippen LogP contribution in [0.15, 0.2) is 66.7 Å². The Bertz CT molecular complexity index is 648. The van der Waals surface area contributed by atoms with Crippen molar-refractivity contribution in [1.29, 1.82) is 0 Å². The average molecular weight is 359 g/mol. The minimum Gasteiger partial charge on any atom is -0.481 e. The molecular weight excluding hydrogens is 338 g/mol. The highest BCUT2D eigenvalue weighted by Crippen LogP contribution is 2.02. The zero-order valence-electron chi connectivity index (χ0n) is 14.1. The fourth-order valence-corrected chi connectivity index (χ4v) is 1.82. The van der Waals surface area contributed by atoms with E-state index in [1.165, 1.54) is 0 Å². The van der Waals surface area contributed by atoms with Gasteiger partial charge in [-0.2, -0.15) is 0 Å². The first-order valence-electron chi connectivity index (χ1n) is 7.91. The summed E-state index contributed by atoms with van der Waals surface area (Å²) in [5.41, 5.74) is 0.764. The molecule has 1 atom stereocenters. The predicted octanol–water partition coefficient (Wildman–Crippen LogP) is 2.92. The van der Waals surface area contributed by atoms with Crippen molar-refractivity contribution in [1.82, 2.24) is 5.32 Å². The molecule has 0 radical (unpaired) electrons. The van der Waals surface area contributed by atoms with Gasteiger partial charge < -0.3 is 20.3 Å². The van der Waals surface area contributed by atoms with Crippen LogP contribution in [-0.2, 0) is 20.9 Å². The van der Waals surface area contributed by atoms with E-state index in [9.17, 15) is 14.4 Å². The smallest absolute Gasteiger partial charge is 0.408 e. The number of carbonyl (C=O) groups is 3. The number of benzene rings is 2. The van der Waals surface area contributed by atoms with Crippen molar-refractivity contribution in [3.63, 3.8) is 0 Å². The van der Waals surface area contributed by atoms with Crippen LogP contribution in [0.4, 0.5) is 4.79 Å². The molecule has 7 heteroatoms. The van der Waals surface area contributed by atoms with E-state index in [0.717, 1.165) is 5.56 Å². The number of carboxylic acids is 2. The maximum absolute atomic E-state index is 11.4. The predicted molar refractivity (Wildman–Crippen MR) is 94.5 cm³/mol. The van der Waals surface area contributed by atoms with Gasteiger partial charge in [0.25, 0.3) is 0 Å². The van der Waals surface area contributed by atoms with Crippen molar-refractivity contribution < 1.29 is 29.3 Å². The number of rotatable bonds is 7. The number of aliphatic carboxylic acids is 2. The number of amides is 1.